The third-order valence-electron chi connectivity index (χ3n) is 3.33. The summed E-state index contributed by atoms with van der Waals surface area (Å²) >= 11 is 1.89. The van der Waals surface area contributed by atoms with Gasteiger partial charge >= 0.3 is 5.97 Å². The van der Waals surface area contributed by atoms with Crippen LogP contribution in [0.15, 0.2) is 29.2 Å². The molecule has 18 heavy (non-hydrogen) atoms. The van der Waals surface area contributed by atoms with Gasteiger partial charge in [-0.3, -0.25) is 4.79 Å². The van der Waals surface area contributed by atoms with Crippen LogP contribution in [0.25, 0.3) is 0 Å². The molecule has 4 heteroatoms. The summed E-state index contributed by atoms with van der Waals surface area (Å²) in [6.45, 7) is 0. The van der Waals surface area contributed by atoms with Gasteiger partial charge in [-0.1, -0.05) is 24.6 Å². The maximum absolute atomic E-state index is 10.6. The van der Waals surface area contributed by atoms with Gasteiger partial charge in [0.1, 0.15) is 0 Å². The number of carboxylic acid groups (broad SMARTS) is 1. The zero-order valence-electron chi connectivity index (χ0n) is 10.3. The minimum Gasteiger partial charge on any atom is -0.481 e. The van der Waals surface area contributed by atoms with E-state index in [1.807, 2.05) is 30.0 Å². The van der Waals surface area contributed by atoms with Gasteiger partial charge in [0.05, 0.1) is 0 Å². The van der Waals surface area contributed by atoms with E-state index >= 15 is 0 Å². The van der Waals surface area contributed by atoms with Crippen molar-refractivity contribution >= 4 is 17.7 Å². The molecule has 3 nitrogen and oxygen atoms in total. The van der Waals surface area contributed by atoms with Crippen LogP contribution >= 0.6 is 11.8 Å². The molecule has 0 bridgehead atoms. The Morgan fingerprint density at radius 2 is 2.17 bits per heavy atom. The van der Waals surface area contributed by atoms with Gasteiger partial charge in [0, 0.05) is 22.6 Å². The molecule has 1 aliphatic carbocycles. The highest BCUT2D eigenvalue weighted by molar-refractivity contribution is 8.00. The summed E-state index contributed by atoms with van der Waals surface area (Å²) in [5.74, 6) is -0.783. The Kier molecular flexibility index (Phi) is 4.66. The van der Waals surface area contributed by atoms with Crippen LogP contribution in [0, 0.1) is 0 Å². The number of carbonyl (C=O) groups is 1. The smallest absolute Gasteiger partial charge is 0.303 e. The molecule has 98 valence electrons. The van der Waals surface area contributed by atoms with E-state index in [0.717, 1.165) is 10.8 Å². The van der Waals surface area contributed by atoms with Crippen molar-refractivity contribution in [1.82, 2.24) is 0 Å². The highest BCUT2D eigenvalue weighted by Crippen LogP contribution is 2.39. The lowest BCUT2D eigenvalue weighted by Crippen LogP contribution is -2.16. The number of thioether (sulfide) groups is 1. The quantitative estimate of drug-likeness (QED) is 0.829. The lowest BCUT2D eigenvalue weighted by Gasteiger charge is -2.26. The average molecular weight is 265 g/mol. The first kappa shape index (κ1) is 13.4. The molecule has 0 aromatic heterocycles. The number of aliphatic carboxylic acids is 1. The van der Waals surface area contributed by atoms with Gasteiger partial charge in [0.25, 0.3) is 0 Å². The molecule has 1 aromatic rings. The van der Waals surface area contributed by atoms with Crippen molar-refractivity contribution in [3.05, 3.63) is 29.8 Å². The summed E-state index contributed by atoms with van der Waals surface area (Å²) in [5.41, 5.74) is 7.20. The predicted octanol–water partition coefficient (Wildman–Crippen LogP) is 3.20. The fraction of sp³-hybridized carbons (Fsp3) is 0.500. The summed E-state index contributed by atoms with van der Waals surface area (Å²) in [7, 11) is 0. The van der Waals surface area contributed by atoms with Gasteiger partial charge in [0.15, 0.2) is 0 Å². The number of rotatable bonds is 6. The fourth-order valence-electron chi connectivity index (χ4n) is 2.00. The Morgan fingerprint density at radius 1 is 1.44 bits per heavy atom. The van der Waals surface area contributed by atoms with Crippen molar-refractivity contribution in [1.29, 1.82) is 0 Å². The summed E-state index contributed by atoms with van der Waals surface area (Å²) in [4.78, 5) is 11.8. The molecule has 1 atom stereocenters. The SMILES string of the molecule is NC(CCC(=O)O)c1ccccc1SC1CCC1. The first-order valence-electron chi connectivity index (χ1n) is 6.40. The Labute approximate surface area is 112 Å². The minimum atomic E-state index is -0.783. The third-order valence-corrected chi connectivity index (χ3v) is 4.76. The largest absolute Gasteiger partial charge is 0.481 e. The van der Waals surface area contributed by atoms with Gasteiger partial charge in [-0.25, -0.2) is 0 Å². The first-order valence-corrected chi connectivity index (χ1v) is 7.27. The van der Waals surface area contributed by atoms with Crippen LogP contribution in [-0.4, -0.2) is 16.3 Å². The number of hydrogen-bond donors (Lipinski definition) is 2. The van der Waals surface area contributed by atoms with Gasteiger partial charge in [-0.15, -0.1) is 11.8 Å². The van der Waals surface area contributed by atoms with Gasteiger partial charge in [-0.2, -0.15) is 0 Å². The van der Waals surface area contributed by atoms with Crippen LogP contribution in [0.4, 0.5) is 0 Å². The molecule has 1 aromatic carbocycles. The lowest BCUT2D eigenvalue weighted by atomic mass is 10.00. The third kappa shape index (κ3) is 3.50. The second kappa shape index (κ2) is 6.25. The van der Waals surface area contributed by atoms with Crippen LogP contribution in [0.2, 0.25) is 0 Å². The standard InChI is InChI=1S/C14H19NO2S/c15-12(8-9-14(16)17)11-6-1-2-7-13(11)18-10-4-3-5-10/h1-2,6-7,10,12H,3-5,8-9,15H2,(H,16,17). The van der Waals surface area contributed by atoms with Crippen molar-refractivity contribution in [2.45, 2.75) is 48.3 Å². The molecule has 2 rings (SSSR count). The molecular formula is C14H19NO2S. The van der Waals surface area contributed by atoms with E-state index in [-0.39, 0.29) is 12.5 Å². The summed E-state index contributed by atoms with van der Waals surface area (Å²) in [5, 5.41) is 9.43. The van der Waals surface area contributed by atoms with E-state index in [4.69, 9.17) is 10.8 Å². The summed E-state index contributed by atoms with van der Waals surface area (Å²) in [6.07, 6.45) is 4.51. The Balaban J connectivity index is 2.02. The minimum absolute atomic E-state index is 0.129. The van der Waals surface area contributed by atoms with E-state index in [1.54, 1.807) is 0 Å². The molecule has 0 saturated heterocycles. The second-order valence-corrected chi connectivity index (χ2v) is 6.09. The zero-order valence-corrected chi connectivity index (χ0v) is 11.2. The van der Waals surface area contributed by atoms with E-state index in [9.17, 15) is 4.79 Å². The molecule has 0 amide bonds. The number of benzene rings is 1. The number of carboxylic acids is 1. The molecule has 1 fully saturated rings. The highest BCUT2D eigenvalue weighted by atomic mass is 32.2. The molecule has 0 radical (unpaired) electrons. The summed E-state index contributed by atoms with van der Waals surface area (Å²) < 4.78 is 0. The molecule has 0 spiro atoms. The monoisotopic (exact) mass is 265 g/mol. The maximum Gasteiger partial charge on any atom is 0.303 e. The molecule has 1 saturated carbocycles. The number of nitrogens with two attached hydrogens (primary N) is 1. The fourth-order valence-corrected chi connectivity index (χ4v) is 3.44. The van der Waals surface area contributed by atoms with Crippen LogP contribution in [0.3, 0.4) is 0 Å². The van der Waals surface area contributed by atoms with Gasteiger partial charge in [0.2, 0.25) is 0 Å². The van der Waals surface area contributed by atoms with Gasteiger partial charge in [-0.05, 0) is 30.9 Å². The first-order chi connectivity index (χ1) is 8.66. The molecule has 0 heterocycles. The predicted molar refractivity (Wildman–Crippen MR) is 73.7 cm³/mol. The Bertz CT molecular complexity index is 418. The normalized spacial score (nSPS) is 17.2. The van der Waals surface area contributed by atoms with Crippen LogP contribution in [0.5, 0.6) is 0 Å². The van der Waals surface area contributed by atoms with Crippen LogP contribution in [-0.2, 0) is 4.79 Å². The Morgan fingerprint density at radius 3 is 2.78 bits per heavy atom. The van der Waals surface area contributed by atoms with E-state index in [2.05, 4.69) is 6.07 Å². The molecule has 3 N–H and O–H groups in total. The zero-order chi connectivity index (χ0) is 13.0. The van der Waals surface area contributed by atoms with Gasteiger partial charge < -0.3 is 10.8 Å². The molecule has 1 aliphatic rings. The maximum atomic E-state index is 10.6. The van der Waals surface area contributed by atoms with E-state index < -0.39 is 5.97 Å². The van der Waals surface area contributed by atoms with Crippen molar-refractivity contribution in [3.63, 3.8) is 0 Å². The van der Waals surface area contributed by atoms with Crippen molar-refractivity contribution in [2.75, 3.05) is 0 Å². The topological polar surface area (TPSA) is 63.3 Å². The van der Waals surface area contributed by atoms with Crippen molar-refractivity contribution < 1.29 is 9.90 Å². The highest BCUT2D eigenvalue weighted by Gasteiger charge is 2.21. The van der Waals surface area contributed by atoms with Crippen molar-refractivity contribution in [2.24, 2.45) is 5.73 Å². The molecule has 1 unspecified atom stereocenters. The number of hydrogen-bond acceptors (Lipinski definition) is 3. The van der Waals surface area contributed by atoms with Crippen molar-refractivity contribution in [3.8, 4) is 0 Å². The van der Waals surface area contributed by atoms with Crippen LogP contribution < -0.4 is 5.73 Å². The second-order valence-electron chi connectivity index (χ2n) is 4.75. The Hall–Kier alpha value is -1.00. The van der Waals surface area contributed by atoms with E-state index in [0.29, 0.717) is 6.42 Å². The lowest BCUT2D eigenvalue weighted by molar-refractivity contribution is -0.137. The van der Waals surface area contributed by atoms with E-state index in [1.165, 1.54) is 24.2 Å². The molecule has 0 aliphatic heterocycles. The van der Waals surface area contributed by atoms with Crippen LogP contribution in [0.1, 0.15) is 43.7 Å². The average Bonchev–Trinajstić information content (AvgIpc) is 2.31. The summed E-state index contributed by atoms with van der Waals surface area (Å²) in [6, 6.07) is 7.94. The molecular weight excluding hydrogens is 246 g/mol.